The largest absolute Gasteiger partial charge is 0.493 e. The second kappa shape index (κ2) is 9.28. The molecular formula is C18H29N3O2. The number of benzene rings is 1. The lowest BCUT2D eigenvalue weighted by Crippen LogP contribution is -2.41. The van der Waals surface area contributed by atoms with E-state index in [4.69, 9.17) is 15.2 Å². The van der Waals surface area contributed by atoms with Gasteiger partial charge in [-0.05, 0) is 43.4 Å². The summed E-state index contributed by atoms with van der Waals surface area (Å²) in [7, 11) is 3.30. The first-order valence-corrected chi connectivity index (χ1v) is 8.50. The molecule has 128 valence electrons. The molecule has 5 nitrogen and oxygen atoms in total. The molecule has 0 radical (unpaired) electrons. The summed E-state index contributed by atoms with van der Waals surface area (Å²) < 4.78 is 10.6. The van der Waals surface area contributed by atoms with Crippen LogP contribution in [-0.4, -0.2) is 32.8 Å². The Hall–Kier alpha value is -1.91. The van der Waals surface area contributed by atoms with E-state index in [1.807, 2.05) is 12.1 Å². The van der Waals surface area contributed by atoms with Gasteiger partial charge in [0.15, 0.2) is 17.5 Å². The molecule has 0 unspecified atom stereocenters. The summed E-state index contributed by atoms with van der Waals surface area (Å²) in [5.41, 5.74) is 7.19. The van der Waals surface area contributed by atoms with E-state index in [0.717, 1.165) is 30.9 Å². The topological polar surface area (TPSA) is 68.9 Å². The molecule has 0 bridgehead atoms. The second-order valence-electron chi connectivity index (χ2n) is 6.04. The zero-order valence-electron chi connectivity index (χ0n) is 14.3. The first-order chi connectivity index (χ1) is 11.2. The number of nitrogens with two attached hydrogens (primary N) is 1. The molecule has 0 heterocycles. The van der Waals surface area contributed by atoms with Gasteiger partial charge in [0.25, 0.3) is 0 Å². The lowest BCUT2D eigenvalue weighted by Gasteiger charge is -2.23. The standard InChI is InChI=1S/C18H29N3O2/c1-22-16-11-10-14(13-17(16)23-2)7-6-12-20-18(19)21-15-8-4-3-5-9-15/h10-11,13,15H,3-9,12H2,1-2H3,(H3,19,20,21). The molecule has 1 aliphatic rings. The van der Waals surface area contributed by atoms with E-state index in [9.17, 15) is 0 Å². The number of ether oxygens (including phenoxy) is 2. The molecule has 3 N–H and O–H groups in total. The van der Waals surface area contributed by atoms with Gasteiger partial charge in [-0.2, -0.15) is 0 Å². The highest BCUT2D eigenvalue weighted by Crippen LogP contribution is 2.27. The molecule has 1 aromatic rings. The van der Waals surface area contributed by atoms with Crippen molar-refractivity contribution in [2.24, 2.45) is 10.7 Å². The van der Waals surface area contributed by atoms with Crippen LogP contribution in [0.15, 0.2) is 23.2 Å². The maximum Gasteiger partial charge on any atom is 0.188 e. The van der Waals surface area contributed by atoms with E-state index in [-0.39, 0.29) is 0 Å². The molecule has 0 amide bonds. The molecule has 0 aromatic heterocycles. The fourth-order valence-corrected chi connectivity index (χ4v) is 3.02. The van der Waals surface area contributed by atoms with Gasteiger partial charge in [0, 0.05) is 12.6 Å². The minimum absolute atomic E-state index is 0.512. The van der Waals surface area contributed by atoms with Crippen molar-refractivity contribution in [2.75, 3.05) is 20.8 Å². The van der Waals surface area contributed by atoms with E-state index < -0.39 is 0 Å². The van der Waals surface area contributed by atoms with Gasteiger partial charge in [-0.25, -0.2) is 0 Å². The summed E-state index contributed by atoms with van der Waals surface area (Å²) >= 11 is 0. The number of methoxy groups -OCH3 is 2. The van der Waals surface area contributed by atoms with Crippen LogP contribution in [-0.2, 0) is 6.42 Å². The SMILES string of the molecule is COc1ccc(CCCN=C(N)NC2CCCCC2)cc1OC. The van der Waals surface area contributed by atoms with E-state index >= 15 is 0 Å². The fraction of sp³-hybridized carbons (Fsp3) is 0.611. The minimum atomic E-state index is 0.512. The van der Waals surface area contributed by atoms with Crippen LogP contribution in [0.4, 0.5) is 0 Å². The van der Waals surface area contributed by atoms with Crippen LogP contribution in [0.1, 0.15) is 44.1 Å². The molecule has 1 saturated carbocycles. The molecule has 0 saturated heterocycles. The molecule has 2 rings (SSSR count). The fourth-order valence-electron chi connectivity index (χ4n) is 3.02. The van der Waals surface area contributed by atoms with Crippen molar-refractivity contribution in [3.05, 3.63) is 23.8 Å². The number of guanidine groups is 1. The molecule has 1 aliphatic carbocycles. The zero-order chi connectivity index (χ0) is 16.5. The summed E-state index contributed by atoms with van der Waals surface area (Å²) in [4.78, 5) is 4.44. The van der Waals surface area contributed by atoms with Gasteiger partial charge in [-0.3, -0.25) is 4.99 Å². The van der Waals surface area contributed by atoms with E-state index in [0.29, 0.717) is 12.0 Å². The zero-order valence-corrected chi connectivity index (χ0v) is 14.3. The van der Waals surface area contributed by atoms with Gasteiger partial charge >= 0.3 is 0 Å². The normalized spacial score (nSPS) is 16.2. The summed E-state index contributed by atoms with van der Waals surface area (Å²) in [6.07, 6.45) is 8.27. The predicted molar refractivity (Wildman–Crippen MR) is 94.4 cm³/mol. The average Bonchev–Trinajstić information content (AvgIpc) is 2.59. The van der Waals surface area contributed by atoms with Crippen LogP contribution < -0.4 is 20.5 Å². The van der Waals surface area contributed by atoms with Crippen molar-refractivity contribution in [3.8, 4) is 11.5 Å². The third-order valence-corrected chi connectivity index (χ3v) is 4.31. The maximum atomic E-state index is 5.97. The summed E-state index contributed by atoms with van der Waals surface area (Å²) in [5.74, 6) is 2.12. The van der Waals surface area contributed by atoms with Gasteiger partial charge in [-0.1, -0.05) is 25.3 Å². The lowest BCUT2D eigenvalue weighted by atomic mass is 9.96. The molecule has 5 heteroatoms. The maximum absolute atomic E-state index is 5.97. The number of aryl methyl sites for hydroxylation is 1. The molecule has 0 aliphatic heterocycles. The number of aliphatic imine (C=N–C) groups is 1. The number of rotatable bonds is 7. The smallest absolute Gasteiger partial charge is 0.188 e. The number of hydrogen-bond acceptors (Lipinski definition) is 3. The Kier molecular flexibility index (Phi) is 7.04. The Bertz CT molecular complexity index is 511. The van der Waals surface area contributed by atoms with E-state index in [2.05, 4.69) is 16.4 Å². The molecule has 1 aromatic carbocycles. The highest BCUT2D eigenvalue weighted by molar-refractivity contribution is 5.78. The van der Waals surface area contributed by atoms with E-state index in [1.165, 1.54) is 37.7 Å². The summed E-state index contributed by atoms with van der Waals surface area (Å²) in [5, 5.41) is 3.34. The Labute approximate surface area is 139 Å². The molecule has 0 atom stereocenters. The Balaban J connectivity index is 1.74. The van der Waals surface area contributed by atoms with Crippen LogP contribution in [0, 0.1) is 0 Å². The number of nitrogens with one attached hydrogen (secondary N) is 1. The lowest BCUT2D eigenvalue weighted by molar-refractivity contribution is 0.354. The summed E-state index contributed by atoms with van der Waals surface area (Å²) in [6, 6.07) is 6.54. The number of hydrogen-bond donors (Lipinski definition) is 2. The third-order valence-electron chi connectivity index (χ3n) is 4.31. The molecule has 1 fully saturated rings. The van der Waals surface area contributed by atoms with Crippen LogP contribution in [0.2, 0.25) is 0 Å². The molecule has 23 heavy (non-hydrogen) atoms. The van der Waals surface area contributed by atoms with Crippen LogP contribution in [0.5, 0.6) is 11.5 Å². The van der Waals surface area contributed by atoms with Crippen LogP contribution in [0.3, 0.4) is 0 Å². The summed E-state index contributed by atoms with van der Waals surface area (Å²) in [6.45, 7) is 0.736. The van der Waals surface area contributed by atoms with Gasteiger partial charge in [0.2, 0.25) is 0 Å². The molecular weight excluding hydrogens is 290 g/mol. The van der Waals surface area contributed by atoms with E-state index in [1.54, 1.807) is 14.2 Å². The van der Waals surface area contributed by atoms with Gasteiger partial charge < -0.3 is 20.5 Å². The van der Waals surface area contributed by atoms with Gasteiger partial charge in [-0.15, -0.1) is 0 Å². The quantitative estimate of drug-likeness (QED) is 0.461. The number of nitrogens with zero attached hydrogens (tertiary/aromatic N) is 1. The van der Waals surface area contributed by atoms with Gasteiger partial charge in [0.1, 0.15) is 0 Å². The average molecular weight is 319 g/mol. The minimum Gasteiger partial charge on any atom is -0.493 e. The van der Waals surface area contributed by atoms with Crippen molar-refractivity contribution in [1.29, 1.82) is 0 Å². The Morgan fingerprint density at radius 2 is 1.91 bits per heavy atom. The Morgan fingerprint density at radius 3 is 2.61 bits per heavy atom. The monoisotopic (exact) mass is 319 g/mol. The van der Waals surface area contributed by atoms with Crippen molar-refractivity contribution in [1.82, 2.24) is 5.32 Å². The first kappa shape index (κ1) is 17.4. The second-order valence-corrected chi connectivity index (χ2v) is 6.04. The van der Waals surface area contributed by atoms with Gasteiger partial charge in [0.05, 0.1) is 14.2 Å². The highest BCUT2D eigenvalue weighted by atomic mass is 16.5. The first-order valence-electron chi connectivity index (χ1n) is 8.50. The van der Waals surface area contributed by atoms with Crippen molar-refractivity contribution in [2.45, 2.75) is 51.0 Å². The van der Waals surface area contributed by atoms with Crippen molar-refractivity contribution >= 4 is 5.96 Å². The highest BCUT2D eigenvalue weighted by Gasteiger charge is 2.13. The Morgan fingerprint density at radius 1 is 1.17 bits per heavy atom. The van der Waals surface area contributed by atoms with Crippen LogP contribution >= 0.6 is 0 Å². The van der Waals surface area contributed by atoms with Crippen molar-refractivity contribution in [3.63, 3.8) is 0 Å². The third kappa shape index (κ3) is 5.66. The van der Waals surface area contributed by atoms with Crippen molar-refractivity contribution < 1.29 is 9.47 Å². The molecule has 0 spiro atoms. The van der Waals surface area contributed by atoms with Crippen LogP contribution in [0.25, 0.3) is 0 Å². The predicted octanol–water partition coefficient (Wildman–Crippen LogP) is 2.87.